The minimum absolute atomic E-state index is 0.322. The van der Waals surface area contributed by atoms with Crippen molar-refractivity contribution >= 4 is 11.0 Å². The number of aromatic hydroxyl groups is 2. The fraction of sp³-hybridized carbons (Fsp3) is 0. The maximum atomic E-state index is 10.8. The van der Waals surface area contributed by atoms with Crippen molar-refractivity contribution in [2.24, 2.45) is 0 Å². The first-order chi connectivity index (χ1) is 9.16. The third kappa shape index (κ3) is 3.35. The second kappa shape index (κ2) is 5.73. The van der Waals surface area contributed by atoms with Gasteiger partial charge in [-0.1, -0.05) is 36.4 Å². The fourth-order valence-electron chi connectivity index (χ4n) is 1.48. The van der Waals surface area contributed by atoms with Crippen LogP contribution in [0.2, 0.25) is 0 Å². The molecule has 0 aliphatic rings. The third-order valence-corrected chi connectivity index (χ3v) is 2.38. The van der Waals surface area contributed by atoms with Crippen LogP contribution in [0.3, 0.4) is 0 Å². The minimum Gasteiger partial charge on any atom is -0.508 e. The second-order valence-corrected chi connectivity index (χ2v) is 3.79. The summed E-state index contributed by atoms with van der Waals surface area (Å²) in [6, 6.07) is 17.1. The smallest absolute Gasteiger partial charge is 0.378 e. The van der Waals surface area contributed by atoms with E-state index >= 15 is 0 Å². The van der Waals surface area contributed by atoms with Gasteiger partial charge in [0, 0.05) is 5.39 Å². The largest absolute Gasteiger partial charge is 0.508 e. The van der Waals surface area contributed by atoms with Crippen molar-refractivity contribution in [3.8, 4) is 11.5 Å². The predicted molar refractivity (Wildman–Crippen MR) is 72.3 cm³/mol. The lowest BCUT2D eigenvalue weighted by Crippen LogP contribution is -1.96. The normalized spacial score (nSPS) is 9.68. The van der Waals surface area contributed by atoms with Gasteiger partial charge in [0.1, 0.15) is 11.3 Å². The van der Waals surface area contributed by atoms with Gasteiger partial charge in [0.25, 0.3) is 0 Å². The highest BCUT2D eigenvalue weighted by molar-refractivity contribution is 5.77. The average molecular weight is 256 g/mol. The third-order valence-electron chi connectivity index (χ3n) is 2.38. The van der Waals surface area contributed by atoms with Crippen molar-refractivity contribution in [2.45, 2.75) is 0 Å². The summed E-state index contributed by atoms with van der Waals surface area (Å²) in [5.74, 6) is -0.0313. The van der Waals surface area contributed by atoms with Gasteiger partial charge in [-0.3, -0.25) is 0 Å². The van der Waals surface area contributed by atoms with Crippen LogP contribution in [0.1, 0.15) is 0 Å². The van der Waals surface area contributed by atoms with Gasteiger partial charge in [-0.15, -0.1) is 0 Å². The molecule has 0 unspecified atom stereocenters. The van der Waals surface area contributed by atoms with Crippen molar-refractivity contribution in [3.05, 3.63) is 71.1 Å². The maximum absolute atomic E-state index is 10.8. The highest BCUT2D eigenvalue weighted by atomic mass is 16.4. The Labute approximate surface area is 109 Å². The van der Waals surface area contributed by atoms with E-state index in [1.807, 2.05) is 12.1 Å². The number of phenols is 1. The molecule has 19 heavy (non-hydrogen) atoms. The van der Waals surface area contributed by atoms with Crippen molar-refractivity contribution < 1.29 is 14.6 Å². The van der Waals surface area contributed by atoms with E-state index in [1.165, 1.54) is 6.07 Å². The van der Waals surface area contributed by atoms with Crippen molar-refractivity contribution in [3.63, 3.8) is 0 Å². The Morgan fingerprint density at radius 3 is 2.11 bits per heavy atom. The van der Waals surface area contributed by atoms with E-state index in [0.717, 1.165) is 5.39 Å². The molecule has 0 aliphatic heterocycles. The van der Waals surface area contributed by atoms with Gasteiger partial charge >= 0.3 is 5.63 Å². The minimum atomic E-state index is -0.700. The zero-order valence-corrected chi connectivity index (χ0v) is 9.98. The lowest BCUT2D eigenvalue weighted by molar-refractivity contribution is 0.428. The van der Waals surface area contributed by atoms with Crippen molar-refractivity contribution in [1.29, 1.82) is 0 Å². The average Bonchev–Trinajstić information content (AvgIpc) is 2.42. The molecule has 0 bridgehead atoms. The number of hydrogen-bond donors (Lipinski definition) is 2. The molecule has 0 atom stereocenters. The Bertz CT molecular complexity index is 717. The van der Waals surface area contributed by atoms with Gasteiger partial charge in [-0.2, -0.15) is 0 Å². The Morgan fingerprint density at radius 2 is 1.47 bits per heavy atom. The van der Waals surface area contributed by atoms with Gasteiger partial charge in [0.15, 0.2) is 0 Å². The summed E-state index contributed by atoms with van der Waals surface area (Å²) in [5, 5.41) is 18.4. The van der Waals surface area contributed by atoms with Crippen LogP contribution in [-0.2, 0) is 0 Å². The Morgan fingerprint density at radius 1 is 0.842 bits per heavy atom. The van der Waals surface area contributed by atoms with Crippen molar-refractivity contribution in [2.75, 3.05) is 0 Å². The van der Waals surface area contributed by atoms with Crippen LogP contribution in [0.25, 0.3) is 11.0 Å². The van der Waals surface area contributed by atoms with Gasteiger partial charge in [0.05, 0.1) is 0 Å². The monoisotopic (exact) mass is 256 g/mol. The maximum Gasteiger partial charge on any atom is 0.378 e. The zero-order valence-electron chi connectivity index (χ0n) is 9.98. The number of fused-ring (bicyclic) bond motifs is 1. The molecule has 0 aliphatic carbocycles. The molecule has 2 N–H and O–H groups in total. The Balaban J connectivity index is 0.000000163. The van der Waals surface area contributed by atoms with E-state index in [9.17, 15) is 4.79 Å². The molecule has 2 aromatic carbocycles. The lowest BCUT2D eigenvalue weighted by Gasteiger charge is -1.94. The predicted octanol–water partition coefficient (Wildman–Crippen LogP) is 2.89. The summed E-state index contributed by atoms with van der Waals surface area (Å²) < 4.78 is 4.79. The number of benzene rings is 2. The molecule has 0 saturated carbocycles. The Hall–Kier alpha value is -2.75. The topological polar surface area (TPSA) is 70.7 Å². The molecule has 4 nitrogen and oxygen atoms in total. The molecule has 4 heteroatoms. The number of phenolic OH excluding ortho intramolecular Hbond substituents is 1. The summed E-state index contributed by atoms with van der Waals surface area (Å²) >= 11 is 0. The molecule has 1 heterocycles. The van der Waals surface area contributed by atoms with Crippen LogP contribution in [0.5, 0.6) is 11.5 Å². The molecular weight excluding hydrogens is 244 g/mol. The molecule has 3 rings (SSSR count). The van der Waals surface area contributed by atoms with Gasteiger partial charge in [-0.25, -0.2) is 4.79 Å². The quantitative estimate of drug-likeness (QED) is 0.607. The van der Waals surface area contributed by atoms with Crippen LogP contribution in [0, 0.1) is 0 Å². The molecule has 3 aromatic rings. The number of rotatable bonds is 0. The van der Waals surface area contributed by atoms with E-state index in [0.29, 0.717) is 11.3 Å². The van der Waals surface area contributed by atoms with E-state index in [2.05, 4.69) is 0 Å². The first kappa shape index (κ1) is 12.7. The summed E-state index contributed by atoms with van der Waals surface area (Å²) in [6.07, 6.45) is 0. The van der Waals surface area contributed by atoms with Gasteiger partial charge in [-0.05, 0) is 24.3 Å². The summed E-state index contributed by atoms with van der Waals surface area (Å²) in [5.41, 5.74) is -0.214. The van der Waals surface area contributed by atoms with Crippen LogP contribution >= 0.6 is 0 Å². The van der Waals surface area contributed by atoms with E-state index in [-0.39, 0.29) is 5.75 Å². The number of para-hydroxylation sites is 2. The highest BCUT2D eigenvalue weighted by Gasteiger charge is 2.00. The first-order valence-corrected chi connectivity index (χ1v) is 5.62. The van der Waals surface area contributed by atoms with Crippen LogP contribution in [0.15, 0.2) is 69.9 Å². The Kier molecular flexibility index (Phi) is 3.83. The summed E-state index contributed by atoms with van der Waals surface area (Å²) in [4.78, 5) is 10.8. The second-order valence-electron chi connectivity index (χ2n) is 3.79. The standard InChI is InChI=1S/C9H6O3.C6H6O/c10-7-5-6-3-1-2-4-8(6)12-9(7)11;7-6-4-2-1-3-5-6/h1-5,10H;1-5,7H. The van der Waals surface area contributed by atoms with Crippen LogP contribution in [0.4, 0.5) is 0 Å². The molecular formula is C15H12O4. The van der Waals surface area contributed by atoms with Gasteiger partial charge < -0.3 is 14.6 Å². The van der Waals surface area contributed by atoms with Gasteiger partial charge in [0.2, 0.25) is 5.75 Å². The summed E-state index contributed by atoms with van der Waals surface area (Å²) in [6.45, 7) is 0. The molecule has 0 fully saturated rings. The lowest BCUT2D eigenvalue weighted by atomic mass is 10.2. The SMILES string of the molecule is O=c1oc2ccccc2cc1O.Oc1ccccc1. The highest BCUT2D eigenvalue weighted by Crippen LogP contribution is 2.14. The fourth-order valence-corrected chi connectivity index (χ4v) is 1.48. The molecule has 1 aromatic heterocycles. The number of hydrogen-bond acceptors (Lipinski definition) is 4. The first-order valence-electron chi connectivity index (χ1n) is 5.62. The van der Waals surface area contributed by atoms with E-state index < -0.39 is 5.63 Å². The van der Waals surface area contributed by atoms with Crippen LogP contribution in [-0.4, -0.2) is 10.2 Å². The summed E-state index contributed by atoms with van der Waals surface area (Å²) in [7, 11) is 0. The molecule has 0 spiro atoms. The molecule has 0 amide bonds. The zero-order chi connectivity index (χ0) is 13.7. The van der Waals surface area contributed by atoms with E-state index in [4.69, 9.17) is 14.6 Å². The molecule has 96 valence electrons. The molecule has 0 radical (unpaired) electrons. The van der Waals surface area contributed by atoms with Crippen LogP contribution < -0.4 is 5.63 Å². The van der Waals surface area contributed by atoms with E-state index in [1.54, 1.807) is 42.5 Å². The van der Waals surface area contributed by atoms with Crippen molar-refractivity contribution in [1.82, 2.24) is 0 Å². The molecule has 0 saturated heterocycles.